The Bertz CT molecular complexity index is 1090. The van der Waals surface area contributed by atoms with Gasteiger partial charge in [-0.05, 0) is 18.2 Å². The predicted molar refractivity (Wildman–Crippen MR) is 108 cm³/mol. The highest BCUT2D eigenvalue weighted by Crippen LogP contribution is 2.29. The number of allylic oxidation sites excluding steroid dienone is 1. The summed E-state index contributed by atoms with van der Waals surface area (Å²) in [5.74, 6) is 0. The van der Waals surface area contributed by atoms with Gasteiger partial charge in [0.05, 0.1) is 21.3 Å². The number of benzene rings is 2. The lowest BCUT2D eigenvalue weighted by atomic mass is 10.1. The topological polar surface area (TPSA) is 91.8 Å². The minimum absolute atomic E-state index is 0.0165. The number of rotatable bonds is 5. The smallest absolute Gasteiger partial charge is 0.270 e. The summed E-state index contributed by atoms with van der Waals surface area (Å²) >= 11 is 13.2. The maximum atomic E-state index is 10.9. The summed E-state index contributed by atoms with van der Waals surface area (Å²) in [6, 6.07) is 13.2. The van der Waals surface area contributed by atoms with Gasteiger partial charge in [0.2, 0.25) is 0 Å². The summed E-state index contributed by atoms with van der Waals surface area (Å²) in [7, 11) is 0. The predicted octanol–water partition coefficient (Wildman–Crippen LogP) is 6.00. The zero-order valence-corrected chi connectivity index (χ0v) is 15.8. The first-order chi connectivity index (χ1) is 13.0. The zero-order valence-electron chi connectivity index (χ0n) is 13.5. The number of thiazole rings is 1. The van der Waals surface area contributed by atoms with Crippen LogP contribution in [0.2, 0.25) is 10.0 Å². The first-order valence-electron chi connectivity index (χ1n) is 7.50. The Morgan fingerprint density at radius 3 is 2.81 bits per heavy atom. The van der Waals surface area contributed by atoms with E-state index in [1.54, 1.807) is 35.7 Å². The SMILES string of the molecule is N#C/C(=C/Nc1ccc(Cl)cc1Cl)c1nc(-c2cccc([N+](=O)[O-])c2)cs1. The Morgan fingerprint density at radius 1 is 1.30 bits per heavy atom. The van der Waals surface area contributed by atoms with E-state index in [0.29, 0.717) is 37.6 Å². The molecule has 134 valence electrons. The normalized spacial score (nSPS) is 11.1. The molecule has 0 unspecified atom stereocenters. The van der Waals surface area contributed by atoms with E-state index in [-0.39, 0.29) is 5.69 Å². The quantitative estimate of drug-likeness (QED) is 0.312. The van der Waals surface area contributed by atoms with Gasteiger partial charge in [0.1, 0.15) is 16.6 Å². The summed E-state index contributed by atoms with van der Waals surface area (Å²) in [4.78, 5) is 14.9. The van der Waals surface area contributed by atoms with Crippen molar-refractivity contribution in [2.24, 2.45) is 0 Å². The number of aromatic nitrogens is 1. The van der Waals surface area contributed by atoms with Crippen LogP contribution in [0, 0.1) is 21.4 Å². The summed E-state index contributed by atoms with van der Waals surface area (Å²) in [5.41, 5.74) is 2.06. The summed E-state index contributed by atoms with van der Waals surface area (Å²) in [5, 5.41) is 26.5. The third-order valence-electron chi connectivity index (χ3n) is 3.51. The van der Waals surface area contributed by atoms with Crippen LogP contribution in [0.25, 0.3) is 16.8 Å². The molecule has 3 rings (SSSR count). The number of halogens is 2. The molecule has 0 aliphatic heterocycles. The first-order valence-corrected chi connectivity index (χ1v) is 9.14. The standard InChI is InChI=1S/C18H10Cl2N4O2S/c19-13-4-5-16(15(20)7-13)22-9-12(8-21)18-23-17(10-27-18)11-2-1-3-14(6-11)24(25)26/h1-7,9-10,22H/b12-9-. The molecule has 0 atom stereocenters. The summed E-state index contributed by atoms with van der Waals surface area (Å²) < 4.78 is 0. The number of nitro groups is 1. The van der Waals surface area contributed by atoms with Gasteiger partial charge in [-0.1, -0.05) is 35.3 Å². The Kier molecular flexibility index (Phi) is 5.72. The highest BCUT2D eigenvalue weighted by molar-refractivity contribution is 7.11. The van der Waals surface area contributed by atoms with E-state index in [1.807, 2.05) is 0 Å². The molecule has 3 aromatic rings. The van der Waals surface area contributed by atoms with Gasteiger partial charge in [-0.25, -0.2) is 4.98 Å². The summed E-state index contributed by atoms with van der Waals surface area (Å²) in [6.45, 7) is 0. The second kappa shape index (κ2) is 8.18. The van der Waals surface area contributed by atoms with E-state index in [1.165, 1.54) is 29.7 Å². The largest absolute Gasteiger partial charge is 0.359 e. The van der Waals surface area contributed by atoms with Crippen LogP contribution in [0.15, 0.2) is 54.0 Å². The van der Waals surface area contributed by atoms with E-state index in [9.17, 15) is 15.4 Å². The van der Waals surface area contributed by atoms with Crippen LogP contribution >= 0.6 is 34.5 Å². The van der Waals surface area contributed by atoms with Gasteiger partial charge in [0.25, 0.3) is 5.69 Å². The third-order valence-corrected chi connectivity index (χ3v) is 4.93. The second-order valence-corrected chi connectivity index (χ2v) is 6.99. The molecule has 0 bridgehead atoms. The highest BCUT2D eigenvalue weighted by atomic mass is 35.5. The van der Waals surface area contributed by atoms with Gasteiger partial charge in [-0.2, -0.15) is 5.26 Å². The molecule has 0 saturated heterocycles. The van der Waals surface area contributed by atoms with Crippen molar-refractivity contribution in [2.45, 2.75) is 0 Å². The average Bonchev–Trinajstić information content (AvgIpc) is 3.14. The number of non-ortho nitro benzene ring substituents is 1. The molecule has 1 heterocycles. The van der Waals surface area contributed by atoms with E-state index < -0.39 is 4.92 Å². The monoisotopic (exact) mass is 416 g/mol. The molecule has 0 aliphatic rings. The number of nitro benzene ring substituents is 1. The number of hydrogen-bond acceptors (Lipinski definition) is 6. The van der Waals surface area contributed by atoms with Crippen LogP contribution < -0.4 is 5.32 Å². The molecule has 0 aliphatic carbocycles. The molecule has 0 spiro atoms. The Hall–Kier alpha value is -2.92. The van der Waals surface area contributed by atoms with Crippen molar-refractivity contribution in [2.75, 3.05) is 5.32 Å². The van der Waals surface area contributed by atoms with E-state index in [2.05, 4.69) is 16.4 Å². The molecule has 1 aromatic heterocycles. The van der Waals surface area contributed by atoms with E-state index in [0.717, 1.165) is 0 Å². The van der Waals surface area contributed by atoms with E-state index in [4.69, 9.17) is 23.2 Å². The molecule has 1 N–H and O–H groups in total. The molecule has 0 amide bonds. The maximum absolute atomic E-state index is 10.9. The molecule has 0 saturated carbocycles. The van der Waals surface area contributed by atoms with Crippen molar-refractivity contribution in [1.29, 1.82) is 5.26 Å². The lowest BCUT2D eigenvalue weighted by Crippen LogP contribution is -1.92. The van der Waals surface area contributed by atoms with Gasteiger partial charge < -0.3 is 5.32 Å². The van der Waals surface area contributed by atoms with Crippen LogP contribution in [0.5, 0.6) is 0 Å². The summed E-state index contributed by atoms with van der Waals surface area (Å²) in [6.07, 6.45) is 1.51. The molecule has 27 heavy (non-hydrogen) atoms. The van der Waals surface area contributed by atoms with Crippen LogP contribution in [0.4, 0.5) is 11.4 Å². The molecule has 2 aromatic carbocycles. The van der Waals surface area contributed by atoms with Crippen LogP contribution in [-0.2, 0) is 0 Å². The van der Waals surface area contributed by atoms with Crippen molar-refractivity contribution in [3.05, 3.63) is 79.2 Å². The Labute approximate surface area is 168 Å². The van der Waals surface area contributed by atoms with Gasteiger partial charge >= 0.3 is 0 Å². The number of nitrogens with zero attached hydrogens (tertiary/aromatic N) is 3. The van der Waals surface area contributed by atoms with Crippen molar-refractivity contribution >= 4 is 51.5 Å². The minimum atomic E-state index is -0.461. The Morgan fingerprint density at radius 2 is 2.11 bits per heavy atom. The zero-order chi connectivity index (χ0) is 19.4. The van der Waals surface area contributed by atoms with Crippen molar-refractivity contribution < 1.29 is 4.92 Å². The highest BCUT2D eigenvalue weighted by Gasteiger charge is 2.12. The first kappa shape index (κ1) is 18.9. The number of anilines is 1. The molecular weight excluding hydrogens is 407 g/mol. The van der Waals surface area contributed by atoms with Gasteiger partial charge in [-0.15, -0.1) is 11.3 Å². The minimum Gasteiger partial charge on any atom is -0.359 e. The molecule has 0 fully saturated rings. The number of nitrogens with one attached hydrogen (secondary N) is 1. The number of hydrogen-bond donors (Lipinski definition) is 1. The van der Waals surface area contributed by atoms with Gasteiger partial charge in [0.15, 0.2) is 0 Å². The van der Waals surface area contributed by atoms with Crippen molar-refractivity contribution in [1.82, 2.24) is 4.98 Å². The van der Waals surface area contributed by atoms with Crippen LogP contribution in [0.3, 0.4) is 0 Å². The fourth-order valence-corrected chi connectivity index (χ4v) is 3.46. The maximum Gasteiger partial charge on any atom is 0.270 e. The fourth-order valence-electron chi connectivity index (χ4n) is 2.21. The lowest BCUT2D eigenvalue weighted by Gasteiger charge is -2.04. The van der Waals surface area contributed by atoms with Crippen molar-refractivity contribution in [3.63, 3.8) is 0 Å². The van der Waals surface area contributed by atoms with E-state index >= 15 is 0 Å². The van der Waals surface area contributed by atoms with Crippen molar-refractivity contribution in [3.8, 4) is 17.3 Å². The van der Waals surface area contributed by atoms with Crippen LogP contribution in [0.1, 0.15) is 5.01 Å². The van der Waals surface area contributed by atoms with Crippen LogP contribution in [-0.4, -0.2) is 9.91 Å². The van der Waals surface area contributed by atoms with Gasteiger partial charge in [-0.3, -0.25) is 10.1 Å². The van der Waals surface area contributed by atoms with Gasteiger partial charge in [0, 0.05) is 34.3 Å². The molecule has 6 nitrogen and oxygen atoms in total. The molecule has 0 radical (unpaired) electrons. The lowest BCUT2D eigenvalue weighted by molar-refractivity contribution is -0.384. The molecule has 9 heteroatoms. The third kappa shape index (κ3) is 4.44. The Balaban J connectivity index is 1.86. The number of nitriles is 1. The second-order valence-electron chi connectivity index (χ2n) is 5.28. The fraction of sp³-hybridized carbons (Fsp3) is 0. The molecular formula is C18H10Cl2N4O2S. The average molecular weight is 417 g/mol.